The van der Waals surface area contributed by atoms with Gasteiger partial charge < -0.3 is 20.3 Å². The Kier molecular flexibility index (Phi) is 4.88. The van der Waals surface area contributed by atoms with Crippen LogP contribution in [0, 0.1) is 5.92 Å². The number of hydrogen-bond acceptors (Lipinski definition) is 4. The van der Waals surface area contributed by atoms with E-state index >= 15 is 0 Å². The van der Waals surface area contributed by atoms with Gasteiger partial charge in [0.05, 0.1) is 0 Å². The van der Waals surface area contributed by atoms with Gasteiger partial charge in [-0.05, 0) is 42.4 Å². The van der Waals surface area contributed by atoms with Gasteiger partial charge in [-0.15, -0.1) is 0 Å². The predicted octanol–water partition coefficient (Wildman–Crippen LogP) is 3.49. The van der Waals surface area contributed by atoms with Crippen molar-refractivity contribution in [3.8, 4) is 11.5 Å². The highest BCUT2D eigenvalue weighted by atomic mass is 16.6. The van der Waals surface area contributed by atoms with Crippen LogP contribution in [0.3, 0.4) is 0 Å². The Labute approximate surface area is 154 Å². The molecule has 26 heavy (non-hydrogen) atoms. The first-order valence-electron chi connectivity index (χ1n) is 9.55. The van der Waals surface area contributed by atoms with Crippen LogP contribution in [0.2, 0.25) is 0 Å². The molecule has 0 radical (unpaired) electrons. The monoisotopic (exact) mass is 353 g/mol. The summed E-state index contributed by atoms with van der Waals surface area (Å²) in [7, 11) is 0. The number of rotatable bonds is 3. The number of benzene rings is 2. The average Bonchev–Trinajstić information content (AvgIpc) is 2.88. The Morgan fingerprint density at radius 2 is 1.46 bits per heavy atom. The molecule has 0 bridgehead atoms. The normalized spacial score (nSPS) is 25.9. The van der Waals surface area contributed by atoms with Crippen LogP contribution in [0.25, 0.3) is 0 Å². The van der Waals surface area contributed by atoms with Gasteiger partial charge in [-0.1, -0.05) is 55.3 Å². The predicted molar refractivity (Wildman–Crippen MR) is 101 cm³/mol. The maximum atomic E-state index is 11.3. The molecule has 2 aromatic carbocycles. The van der Waals surface area contributed by atoms with Gasteiger partial charge in [0, 0.05) is 6.04 Å². The van der Waals surface area contributed by atoms with Gasteiger partial charge in [0.15, 0.2) is 11.5 Å². The Morgan fingerprint density at radius 1 is 0.885 bits per heavy atom. The second-order valence-corrected chi connectivity index (χ2v) is 7.62. The van der Waals surface area contributed by atoms with Gasteiger partial charge in [0.1, 0.15) is 18.8 Å². The molecule has 1 aliphatic carbocycles. The molecule has 1 aliphatic heterocycles. The third-order valence-corrected chi connectivity index (χ3v) is 5.93. The minimum Gasteiger partial charge on any atom is -0.486 e. The van der Waals surface area contributed by atoms with Gasteiger partial charge in [-0.3, -0.25) is 0 Å². The zero-order valence-electron chi connectivity index (χ0n) is 15.0. The summed E-state index contributed by atoms with van der Waals surface area (Å²) in [6.45, 7) is 0.312. The van der Waals surface area contributed by atoms with Crippen LogP contribution in [0.5, 0.6) is 11.5 Å². The van der Waals surface area contributed by atoms with E-state index in [2.05, 4.69) is 24.3 Å². The van der Waals surface area contributed by atoms with Crippen LogP contribution in [0.4, 0.5) is 0 Å². The summed E-state index contributed by atoms with van der Waals surface area (Å²) >= 11 is 0. The molecular weight excluding hydrogens is 326 g/mol. The van der Waals surface area contributed by atoms with Gasteiger partial charge in [0.25, 0.3) is 0 Å². The van der Waals surface area contributed by atoms with Crippen LogP contribution >= 0.6 is 0 Å². The Morgan fingerprint density at radius 3 is 2.12 bits per heavy atom. The molecule has 2 aromatic rings. The van der Waals surface area contributed by atoms with E-state index in [0.717, 1.165) is 19.3 Å². The summed E-state index contributed by atoms with van der Waals surface area (Å²) in [6.07, 6.45) is 4.50. The van der Waals surface area contributed by atoms with E-state index in [4.69, 9.17) is 15.2 Å². The number of nitrogens with two attached hydrogens (primary N) is 1. The maximum Gasteiger partial charge on any atom is 0.161 e. The Balaban J connectivity index is 1.56. The van der Waals surface area contributed by atoms with Crippen molar-refractivity contribution in [1.29, 1.82) is 0 Å². The highest BCUT2D eigenvalue weighted by molar-refractivity contribution is 5.40. The SMILES string of the molecule is NC(C1CCCCC1c1ccccc1)C1(O)COc2ccccc2OC1. The Hall–Kier alpha value is -2.04. The first kappa shape index (κ1) is 17.4. The fourth-order valence-electron chi connectivity index (χ4n) is 4.43. The van der Waals surface area contributed by atoms with E-state index in [1.807, 2.05) is 30.3 Å². The van der Waals surface area contributed by atoms with E-state index in [1.165, 1.54) is 12.0 Å². The molecule has 0 amide bonds. The number of fused-ring (bicyclic) bond motifs is 1. The standard InChI is InChI=1S/C22H27NO3/c23-21(18-11-5-4-10-17(18)16-8-2-1-3-9-16)22(24)14-25-19-12-6-7-13-20(19)26-15-22/h1-3,6-9,12-13,17-18,21,24H,4-5,10-11,14-15,23H2. The lowest BCUT2D eigenvalue weighted by Gasteiger charge is -2.42. The largest absolute Gasteiger partial charge is 0.486 e. The second kappa shape index (κ2) is 7.29. The molecule has 1 saturated carbocycles. The molecule has 4 nitrogen and oxygen atoms in total. The molecule has 4 rings (SSSR count). The second-order valence-electron chi connectivity index (χ2n) is 7.62. The lowest BCUT2D eigenvalue weighted by Crippen LogP contribution is -2.60. The zero-order chi connectivity index (χ0) is 18.0. The molecule has 4 heteroatoms. The summed E-state index contributed by atoms with van der Waals surface area (Å²) in [5, 5.41) is 11.3. The van der Waals surface area contributed by atoms with E-state index in [9.17, 15) is 5.11 Å². The zero-order valence-corrected chi connectivity index (χ0v) is 15.0. The molecule has 0 aromatic heterocycles. The van der Waals surface area contributed by atoms with Crippen molar-refractivity contribution in [2.45, 2.75) is 43.2 Å². The molecule has 0 spiro atoms. The molecule has 3 N–H and O–H groups in total. The first-order valence-corrected chi connectivity index (χ1v) is 9.55. The van der Waals surface area contributed by atoms with Crippen LogP contribution in [-0.2, 0) is 0 Å². The van der Waals surface area contributed by atoms with Gasteiger partial charge in [-0.2, -0.15) is 0 Å². The first-order chi connectivity index (χ1) is 12.7. The third kappa shape index (κ3) is 3.31. The number of ether oxygens (including phenoxy) is 2. The molecule has 2 aliphatic rings. The van der Waals surface area contributed by atoms with E-state index < -0.39 is 11.6 Å². The van der Waals surface area contributed by atoms with Crippen LogP contribution < -0.4 is 15.2 Å². The smallest absolute Gasteiger partial charge is 0.161 e. The van der Waals surface area contributed by atoms with E-state index in [-0.39, 0.29) is 19.1 Å². The topological polar surface area (TPSA) is 64.7 Å². The maximum absolute atomic E-state index is 11.3. The minimum atomic E-state index is -1.20. The fourth-order valence-corrected chi connectivity index (χ4v) is 4.43. The van der Waals surface area contributed by atoms with Crippen molar-refractivity contribution in [2.75, 3.05) is 13.2 Å². The van der Waals surface area contributed by atoms with Gasteiger partial charge >= 0.3 is 0 Å². The Bertz CT molecular complexity index is 706. The summed E-state index contributed by atoms with van der Waals surface area (Å²) in [5.41, 5.74) is 6.79. The molecule has 3 atom stereocenters. The van der Waals surface area contributed by atoms with Crippen molar-refractivity contribution in [3.05, 3.63) is 60.2 Å². The summed E-state index contributed by atoms with van der Waals surface area (Å²) < 4.78 is 11.7. The van der Waals surface area contributed by atoms with Gasteiger partial charge in [0.2, 0.25) is 0 Å². The van der Waals surface area contributed by atoms with Crippen molar-refractivity contribution in [2.24, 2.45) is 11.7 Å². The van der Waals surface area contributed by atoms with Crippen molar-refractivity contribution in [3.63, 3.8) is 0 Å². The summed E-state index contributed by atoms with van der Waals surface area (Å²) in [6, 6.07) is 17.7. The minimum absolute atomic E-state index is 0.156. The summed E-state index contributed by atoms with van der Waals surface area (Å²) in [5.74, 6) is 1.91. The van der Waals surface area contributed by atoms with Crippen LogP contribution in [0.1, 0.15) is 37.2 Å². The lowest BCUT2D eigenvalue weighted by molar-refractivity contribution is -0.0670. The molecular formula is C22H27NO3. The molecule has 138 valence electrons. The fraction of sp³-hybridized carbons (Fsp3) is 0.455. The van der Waals surface area contributed by atoms with Gasteiger partial charge in [-0.25, -0.2) is 0 Å². The van der Waals surface area contributed by atoms with E-state index in [0.29, 0.717) is 17.4 Å². The summed E-state index contributed by atoms with van der Waals surface area (Å²) in [4.78, 5) is 0. The lowest BCUT2D eigenvalue weighted by atomic mass is 9.68. The molecule has 0 saturated heterocycles. The highest BCUT2D eigenvalue weighted by Crippen LogP contribution is 2.42. The highest BCUT2D eigenvalue weighted by Gasteiger charge is 2.45. The van der Waals surface area contributed by atoms with Crippen LogP contribution in [0.15, 0.2) is 54.6 Å². The van der Waals surface area contributed by atoms with Crippen LogP contribution in [-0.4, -0.2) is 30.0 Å². The molecule has 1 fully saturated rings. The van der Waals surface area contributed by atoms with Crippen molar-refractivity contribution in [1.82, 2.24) is 0 Å². The molecule has 3 unspecified atom stereocenters. The van der Waals surface area contributed by atoms with Crippen molar-refractivity contribution >= 4 is 0 Å². The number of hydrogen-bond donors (Lipinski definition) is 2. The van der Waals surface area contributed by atoms with Crippen molar-refractivity contribution < 1.29 is 14.6 Å². The number of aliphatic hydroxyl groups is 1. The van der Waals surface area contributed by atoms with E-state index in [1.54, 1.807) is 0 Å². The average molecular weight is 353 g/mol. The molecule has 1 heterocycles. The third-order valence-electron chi connectivity index (χ3n) is 5.93. The quantitative estimate of drug-likeness (QED) is 0.886. The number of para-hydroxylation sites is 2.